The summed E-state index contributed by atoms with van der Waals surface area (Å²) < 4.78 is 36.9. The van der Waals surface area contributed by atoms with E-state index in [1.165, 1.54) is 48.0 Å². The molecule has 1 saturated carbocycles. The van der Waals surface area contributed by atoms with E-state index in [4.69, 9.17) is 20.6 Å². The minimum atomic E-state index is -0.679. The molecule has 0 bridgehead atoms. The molecule has 0 radical (unpaired) electrons. The van der Waals surface area contributed by atoms with E-state index in [-0.39, 0.29) is 23.1 Å². The van der Waals surface area contributed by atoms with E-state index in [1.54, 1.807) is 23.9 Å². The number of nitrogens with zero attached hydrogens (tertiary/aromatic N) is 7. The van der Waals surface area contributed by atoms with Crippen molar-refractivity contribution in [3.8, 4) is 26.9 Å². The van der Waals surface area contributed by atoms with Gasteiger partial charge in [0.25, 0.3) is 10.8 Å². The fraction of sp³-hybridized carbons (Fsp3) is 0.185. The van der Waals surface area contributed by atoms with E-state index in [1.807, 2.05) is 0 Å². The first kappa shape index (κ1) is 24.3. The lowest BCUT2D eigenvalue weighted by molar-refractivity contribution is 0.301. The molecule has 1 aliphatic rings. The maximum Gasteiger partial charge on any atom is 0.274 e. The summed E-state index contributed by atoms with van der Waals surface area (Å²) in [5.41, 5.74) is 7.61. The summed E-state index contributed by atoms with van der Waals surface area (Å²) in [6, 6.07) is 7.58. The number of fused-ring (bicyclic) bond motifs is 2. The van der Waals surface area contributed by atoms with Crippen molar-refractivity contribution in [2.45, 2.75) is 31.9 Å². The molecule has 40 heavy (non-hydrogen) atoms. The summed E-state index contributed by atoms with van der Waals surface area (Å²) in [5.74, 6) is -0.905. The first-order chi connectivity index (χ1) is 19.4. The van der Waals surface area contributed by atoms with E-state index in [0.717, 1.165) is 23.4 Å². The molecule has 13 heteroatoms. The summed E-state index contributed by atoms with van der Waals surface area (Å²) >= 11 is 1.34. The van der Waals surface area contributed by atoms with E-state index in [0.29, 0.717) is 38.1 Å². The van der Waals surface area contributed by atoms with Crippen molar-refractivity contribution in [3.63, 3.8) is 0 Å². The van der Waals surface area contributed by atoms with E-state index >= 15 is 0 Å². The molecule has 0 spiro atoms. The van der Waals surface area contributed by atoms with Crippen LogP contribution in [-0.4, -0.2) is 40.2 Å². The fourth-order valence-corrected chi connectivity index (χ4v) is 5.47. The van der Waals surface area contributed by atoms with Crippen LogP contribution in [0.15, 0.2) is 59.9 Å². The SMILES string of the molecule is C[C@H](c1nc2ccc(F)cn2c(=O)c1-c1cccc(F)c1)n1nc(-c2cnc(OC3CC3)s2)c2c(N)ncnc21. The Kier molecular flexibility index (Phi) is 5.56. The van der Waals surface area contributed by atoms with Crippen LogP contribution in [0.2, 0.25) is 0 Å². The third-order valence-corrected chi connectivity index (χ3v) is 7.61. The van der Waals surface area contributed by atoms with Crippen LogP contribution in [0.5, 0.6) is 5.19 Å². The number of nitrogens with two attached hydrogens (primary N) is 1. The number of pyridine rings is 1. The fourth-order valence-electron chi connectivity index (χ4n) is 4.65. The highest BCUT2D eigenvalue weighted by molar-refractivity contribution is 7.16. The Morgan fingerprint density at radius 3 is 2.77 bits per heavy atom. The molecule has 5 heterocycles. The van der Waals surface area contributed by atoms with Crippen LogP contribution in [0.1, 0.15) is 31.5 Å². The van der Waals surface area contributed by atoms with Gasteiger partial charge in [0.05, 0.1) is 33.8 Å². The standard InChI is InChI=1S/C27H20F2N8O2S/c1-13(22-20(14-3-2-4-15(28)9-14)26(38)36-11-16(29)5-8-19(36)34-22)37-25-21(24(30)32-12-33-25)23(35-37)18-10-31-27(40-18)39-17-6-7-17/h2-5,8-13,17H,6-7H2,1H3,(H2,30,32,33)/t13-/m1/s1. The normalized spacial score (nSPS) is 14.2. The third-order valence-electron chi connectivity index (χ3n) is 6.72. The van der Waals surface area contributed by atoms with Gasteiger partial charge >= 0.3 is 0 Å². The minimum Gasteiger partial charge on any atom is -0.467 e. The summed E-state index contributed by atoms with van der Waals surface area (Å²) in [4.78, 5) is 32.2. The second-order valence-corrected chi connectivity index (χ2v) is 10.5. The van der Waals surface area contributed by atoms with Gasteiger partial charge in [0.2, 0.25) is 0 Å². The van der Waals surface area contributed by atoms with Crippen LogP contribution >= 0.6 is 11.3 Å². The molecule has 200 valence electrons. The summed E-state index contributed by atoms with van der Waals surface area (Å²) in [7, 11) is 0. The number of anilines is 1. The molecule has 7 rings (SSSR count). The molecule has 1 aliphatic carbocycles. The topological polar surface area (TPSA) is 126 Å². The lowest BCUT2D eigenvalue weighted by atomic mass is 10.0. The molecular formula is C27H20F2N8O2S. The molecular weight excluding hydrogens is 538 g/mol. The molecule has 1 atom stereocenters. The van der Waals surface area contributed by atoms with Crippen molar-refractivity contribution < 1.29 is 13.5 Å². The van der Waals surface area contributed by atoms with E-state index in [9.17, 15) is 13.6 Å². The zero-order valence-corrected chi connectivity index (χ0v) is 21.8. The maximum atomic E-state index is 14.3. The second kappa shape index (κ2) is 9.16. The first-order valence-electron chi connectivity index (χ1n) is 12.5. The van der Waals surface area contributed by atoms with Gasteiger partial charge in [0.15, 0.2) is 5.65 Å². The Hall–Kier alpha value is -4.78. The molecule has 5 aromatic heterocycles. The Labute approximate surface area is 228 Å². The summed E-state index contributed by atoms with van der Waals surface area (Å²) in [6.45, 7) is 1.80. The maximum absolute atomic E-state index is 14.3. The highest BCUT2D eigenvalue weighted by atomic mass is 32.1. The molecule has 1 fully saturated rings. The molecule has 10 nitrogen and oxygen atoms in total. The summed E-state index contributed by atoms with van der Waals surface area (Å²) in [5, 5.41) is 5.90. The largest absolute Gasteiger partial charge is 0.467 e. The first-order valence-corrected chi connectivity index (χ1v) is 13.3. The number of benzene rings is 1. The monoisotopic (exact) mass is 558 g/mol. The molecule has 1 aromatic carbocycles. The number of hydrogen-bond acceptors (Lipinski definition) is 9. The number of rotatable bonds is 6. The van der Waals surface area contributed by atoms with Crippen LogP contribution in [0.4, 0.5) is 14.6 Å². The molecule has 0 unspecified atom stereocenters. The van der Waals surface area contributed by atoms with Crippen molar-refractivity contribution in [2.24, 2.45) is 0 Å². The molecule has 0 amide bonds. The van der Waals surface area contributed by atoms with Crippen molar-refractivity contribution in [2.75, 3.05) is 5.73 Å². The van der Waals surface area contributed by atoms with E-state index < -0.39 is 23.2 Å². The van der Waals surface area contributed by atoms with Gasteiger partial charge in [-0.1, -0.05) is 23.5 Å². The van der Waals surface area contributed by atoms with E-state index in [2.05, 4.69) is 15.0 Å². The van der Waals surface area contributed by atoms with Crippen molar-refractivity contribution in [1.29, 1.82) is 0 Å². The zero-order chi connectivity index (χ0) is 27.5. The number of ether oxygens (including phenoxy) is 1. The third kappa shape index (κ3) is 4.06. The molecule has 0 aliphatic heterocycles. The van der Waals surface area contributed by atoms with Crippen molar-refractivity contribution in [3.05, 3.63) is 82.8 Å². The molecule has 2 N–H and O–H groups in total. The number of aromatic nitrogens is 7. The average Bonchev–Trinajstić information content (AvgIpc) is 3.48. The lowest BCUT2D eigenvalue weighted by Crippen LogP contribution is -2.23. The number of nitrogen functional groups attached to an aromatic ring is 1. The Morgan fingerprint density at radius 2 is 1.98 bits per heavy atom. The van der Waals surface area contributed by atoms with Gasteiger partial charge in [0, 0.05) is 6.20 Å². The number of hydrogen-bond donors (Lipinski definition) is 1. The van der Waals surface area contributed by atoms with Gasteiger partial charge in [-0.15, -0.1) is 0 Å². The molecule has 0 saturated heterocycles. The van der Waals surface area contributed by atoms with Crippen LogP contribution < -0.4 is 16.0 Å². The van der Waals surface area contributed by atoms with Crippen LogP contribution in [0.3, 0.4) is 0 Å². The number of halogens is 2. The van der Waals surface area contributed by atoms with Crippen molar-refractivity contribution in [1.82, 2.24) is 34.1 Å². The Balaban J connectivity index is 1.45. The van der Waals surface area contributed by atoms with Gasteiger partial charge < -0.3 is 10.5 Å². The van der Waals surface area contributed by atoms with Crippen LogP contribution in [0, 0.1) is 11.6 Å². The highest BCUT2D eigenvalue weighted by Crippen LogP contribution is 2.39. The van der Waals surface area contributed by atoms with Gasteiger partial charge in [-0.2, -0.15) is 5.10 Å². The number of thiazole rings is 1. The summed E-state index contributed by atoms with van der Waals surface area (Å²) in [6.07, 6.45) is 6.25. The van der Waals surface area contributed by atoms with Gasteiger partial charge in [-0.3, -0.25) is 9.20 Å². The Morgan fingerprint density at radius 1 is 1.12 bits per heavy atom. The van der Waals surface area contributed by atoms with Gasteiger partial charge in [0.1, 0.15) is 41.2 Å². The van der Waals surface area contributed by atoms with Crippen molar-refractivity contribution >= 4 is 33.8 Å². The highest BCUT2D eigenvalue weighted by Gasteiger charge is 2.28. The Bertz CT molecular complexity index is 2000. The van der Waals surface area contributed by atoms with Crippen LogP contribution in [-0.2, 0) is 0 Å². The quantitative estimate of drug-likeness (QED) is 0.314. The van der Waals surface area contributed by atoms with Crippen LogP contribution in [0.25, 0.3) is 38.4 Å². The smallest absolute Gasteiger partial charge is 0.274 e. The second-order valence-electron chi connectivity index (χ2n) is 9.50. The van der Waals surface area contributed by atoms with Gasteiger partial charge in [-0.25, -0.2) is 33.4 Å². The minimum absolute atomic E-state index is 0.111. The average molecular weight is 559 g/mol. The zero-order valence-electron chi connectivity index (χ0n) is 21.0. The lowest BCUT2D eigenvalue weighted by Gasteiger charge is -2.18. The molecule has 6 aromatic rings. The predicted octanol–water partition coefficient (Wildman–Crippen LogP) is 4.64. The van der Waals surface area contributed by atoms with Gasteiger partial charge in [-0.05, 0) is 49.6 Å². The predicted molar refractivity (Wildman–Crippen MR) is 145 cm³/mol.